The van der Waals surface area contributed by atoms with Crippen molar-refractivity contribution < 1.29 is 38.0 Å². The van der Waals surface area contributed by atoms with E-state index in [1.165, 1.54) is 0 Å². The van der Waals surface area contributed by atoms with E-state index in [4.69, 9.17) is 9.84 Å². The van der Waals surface area contributed by atoms with Gasteiger partial charge in [-0.2, -0.15) is 13.2 Å². The van der Waals surface area contributed by atoms with Gasteiger partial charge in [-0.25, -0.2) is 0 Å². The van der Waals surface area contributed by atoms with Crippen molar-refractivity contribution in [3.63, 3.8) is 0 Å². The number of nitrogens with zero attached hydrogens (tertiary/aromatic N) is 2. The Morgan fingerprint density at radius 1 is 1.30 bits per heavy atom. The van der Waals surface area contributed by atoms with Crippen LogP contribution in [0.5, 0.6) is 5.75 Å². The molecular weight excluding hydrogens is 445 g/mol. The van der Waals surface area contributed by atoms with Crippen molar-refractivity contribution in [2.45, 2.75) is 44.1 Å². The predicted molar refractivity (Wildman–Crippen MR) is 111 cm³/mol. The molecule has 0 spiro atoms. The highest BCUT2D eigenvalue weighted by Gasteiger charge is 2.31. The van der Waals surface area contributed by atoms with Crippen molar-refractivity contribution in [1.29, 1.82) is 0 Å². The Kier molecular flexibility index (Phi) is 7.72. The predicted octanol–water partition coefficient (Wildman–Crippen LogP) is 1.61. The van der Waals surface area contributed by atoms with Crippen molar-refractivity contribution in [3.8, 4) is 17.0 Å². The Morgan fingerprint density at radius 3 is 2.64 bits per heavy atom. The van der Waals surface area contributed by atoms with E-state index < -0.39 is 42.2 Å². The second-order valence-electron chi connectivity index (χ2n) is 7.84. The van der Waals surface area contributed by atoms with Crippen LogP contribution in [-0.2, 0) is 15.7 Å². The highest BCUT2D eigenvalue weighted by Crippen LogP contribution is 2.36. The summed E-state index contributed by atoms with van der Waals surface area (Å²) in [6, 6.07) is 3.79. The van der Waals surface area contributed by atoms with Crippen molar-refractivity contribution >= 4 is 11.8 Å². The molecule has 3 atom stereocenters. The van der Waals surface area contributed by atoms with E-state index in [0.717, 1.165) is 12.1 Å². The molecule has 1 aliphatic rings. The molecule has 0 saturated carbocycles. The van der Waals surface area contributed by atoms with Gasteiger partial charge in [0.1, 0.15) is 30.3 Å². The first kappa shape index (κ1) is 24.7. The second kappa shape index (κ2) is 10.3. The number of phenols is 1. The number of hydrogen-bond acceptors (Lipinski definition) is 9. The number of ether oxygens (including phenoxy) is 1. The number of piperidine rings is 1. The van der Waals surface area contributed by atoms with Crippen LogP contribution in [0.2, 0.25) is 0 Å². The molecule has 0 bridgehead atoms. The number of hydrogen-bond donors (Lipinski definition) is 5. The number of aliphatic hydroxyl groups is 2. The third kappa shape index (κ3) is 6.30. The van der Waals surface area contributed by atoms with E-state index in [0.29, 0.717) is 36.8 Å². The molecule has 33 heavy (non-hydrogen) atoms. The van der Waals surface area contributed by atoms with Crippen LogP contribution < -0.4 is 10.6 Å². The van der Waals surface area contributed by atoms with E-state index in [-0.39, 0.29) is 23.9 Å². The first-order valence-corrected chi connectivity index (χ1v) is 10.3. The van der Waals surface area contributed by atoms with Crippen LogP contribution in [0.3, 0.4) is 0 Å². The van der Waals surface area contributed by atoms with Gasteiger partial charge in [-0.15, -0.1) is 10.2 Å². The molecule has 1 aliphatic heterocycles. The third-order valence-electron chi connectivity index (χ3n) is 5.24. The number of halogens is 3. The smallest absolute Gasteiger partial charge is 0.416 e. The summed E-state index contributed by atoms with van der Waals surface area (Å²) < 4.78 is 43.4. The topological polar surface area (TPSA) is 137 Å². The summed E-state index contributed by atoms with van der Waals surface area (Å²) in [5.74, 6) is -0.595. The molecule has 180 valence electrons. The molecule has 1 aromatic carbocycles. The van der Waals surface area contributed by atoms with Crippen molar-refractivity contribution in [1.82, 2.24) is 15.5 Å². The number of anilines is 1. The van der Waals surface area contributed by atoms with Gasteiger partial charge in [-0.05, 0) is 49.6 Å². The summed E-state index contributed by atoms with van der Waals surface area (Å²) >= 11 is 0. The molecule has 3 rings (SSSR count). The molecule has 2 heterocycles. The zero-order chi connectivity index (χ0) is 24.2. The number of aromatic nitrogens is 2. The van der Waals surface area contributed by atoms with Gasteiger partial charge in [-0.1, -0.05) is 0 Å². The minimum atomic E-state index is -4.56. The number of alkyl halides is 3. The molecule has 5 N–H and O–H groups in total. The number of rotatable bonds is 7. The van der Waals surface area contributed by atoms with E-state index >= 15 is 0 Å². The molecule has 0 amide bonds. The Hall–Kier alpha value is -2.96. The van der Waals surface area contributed by atoms with E-state index in [2.05, 4.69) is 20.8 Å². The van der Waals surface area contributed by atoms with Crippen molar-refractivity contribution in [2.24, 2.45) is 0 Å². The number of aliphatic hydroxyl groups excluding tert-OH is 2. The summed E-state index contributed by atoms with van der Waals surface area (Å²) in [7, 11) is 0. The van der Waals surface area contributed by atoms with Gasteiger partial charge in [0.25, 0.3) is 0 Å². The first-order valence-electron chi connectivity index (χ1n) is 10.3. The van der Waals surface area contributed by atoms with Crippen LogP contribution in [-0.4, -0.2) is 69.4 Å². The average molecular weight is 470 g/mol. The maximum absolute atomic E-state index is 12.8. The van der Waals surface area contributed by atoms with Gasteiger partial charge in [0.05, 0.1) is 17.9 Å². The van der Waals surface area contributed by atoms with E-state index in [9.17, 15) is 28.2 Å². The zero-order valence-electron chi connectivity index (χ0n) is 17.8. The SMILES string of the molecule is Cc1cc(N[C@@H]2CC[C@@H](C(=O)OC[C@H](O)CO)NC2)nnc1-c1ccc(C(F)(F)F)cc1O. The van der Waals surface area contributed by atoms with Crippen molar-refractivity contribution in [2.75, 3.05) is 25.1 Å². The summed E-state index contributed by atoms with van der Waals surface area (Å²) in [6.45, 7) is 1.38. The first-order chi connectivity index (χ1) is 15.6. The molecule has 0 aliphatic carbocycles. The number of carbonyl (C=O) groups is 1. The largest absolute Gasteiger partial charge is 0.507 e. The standard InChI is InChI=1S/C21H25F3N4O5/c1-11-6-18(26-13-3-5-16(25-8-13)20(32)33-10-14(30)9-29)27-28-19(11)15-4-2-12(7-17(15)31)21(22,23)24/h2,4,6-7,13-14,16,25,29-31H,3,5,8-10H2,1H3,(H,26,27)/t13-,14-,16+/m1/s1. The molecule has 0 unspecified atom stereocenters. The molecule has 2 aromatic rings. The maximum Gasteiger partial charge on any atom is 0.416 e. The number of aryl methyl sites for hydroxylation is 1. The minimum absolute atomic E-state index is 0.0592. The van der Waals surface area contributed by atoms with Crippen LogP contribution in [0.15, 0.2) is 24.3 Å². The number of carbonyl (C=O) groups excluding carboxylic acids is 1. The lowest BCUT2D eigenvalue weighted by Gasteiger charge is -2.29. The normalized spacial score (nSPS) is 19.7. The molecule has 9 nitrogen and oxygen atoms in total. The second-order valence-corrected chi connectivity index (χ2v) is 7.84. The van der Waals surface area contributed by atoms with Crippen LogP contribution in [0, 0.1) is 6.92 Å². The molecular formula is C21H25F3N4O5. The Labute approximate surface area is 187 Å². The monoisotopic (exact) mass is 470 g/mol. The molecule has 12 heteroatoms. The molecule has 1 fully saturated rings. The van der Waals surface area contributed by atoms with Gasteiger partial charge in [0, 0.05) is 18.2 Å². The quantitative estimate of drug-likeness (QED) is 0.382. The summed E-state index contributed by atoms with van der Waals surface area (Å²) in [6.07, 6.45) is -4.57. The summed E-state index contributed by atoms with van der Waals surface area (Å²) in [5, 5.41) is 42.5. The minimum Gasteiger partial charge on any atom is -0.507 e. The Bertz CT molecular complexity index is 981. The molecule has 1 aromatic heterocycles. The number of esters is 1. The zero-order valence-corrected chi connectivity index (χ0v) is 17.8. The summed E-state index contributed by atoms with van der Waals surface area (Å²) in [5.41, 5.74) is 0.0624. The fourth-order valence-corrected chi connectivity index (χ4v) is 3.45. The summed E-state index contributed by atoms with van der Waals surface area (Å²) in [4.78, 5) is 12.0. The number of phenolic OH excluding ortho intramolecular Hbond substituents is 1. The lowest BCUT2D eigenvalue weighted by molar-refractivity contribution is -0.150. The lowest BCUT2D eigenvalue weighted by atomic mass is 10.0. The fraction of sp³-hybridized carbons (Fsp3) is 0.476. The lowest BCUT2D eigenvalue weighted by Crippen LogP contribution is -2.49. The third-order valence-corrected chi connectivity index (χ3v) is 5.24. The average Bonchev–Trinajstić information content (AvgIpc) is 2.77. The van der Waals surface area contributed by atoms with Gasteiger partial charge >= 0.3 is 12.1 Å². The van der Waals surface area contributed by atoms with Crippen LogP contribution in [0.4, 0.5) is 19.0 Å². The van der Waals surface area contributed by atoms with Crippen LogP contribution in [0.25, 0.3) is 11.3 Å². The van der Waals surface area contributed by atoms with E-state index in [1.54, 1.807) is 13.0 Å². The van der Waals surface area contributed by atoms with Gasteiger partial charge in [0.15, 0.2) is 0 Å². The maximum atomic E-state index is 12.8. The highest BCUT2D eigenvalue weighted by atomic mass is 19.4. The van der Waals surface area contributed by atoms with Crippen molar-refractivity contribution in [3.05, 3.63) is 35.4 Å². The molecule has 0 radical (unpaired) electrons. The number of aromatic hydroxyl groups is 1. The fourth-order valence-electron chi connectivity index (χ4n) is 3.45. The van der Waals surface area contributed by atoms with Gasteiger partial charge in [0.2, 0.25) is 0 Å². The Balaban J connectivity index is 1.59. The number of nitrogens with one attached hydrogen (secondary N) is 2. The Morgan fingerprint density at radius 2 is 2.06 bits per heavy atom. The number of benzene rings is 1. The van der Waals surface area contributed by atoms with E-state index in [1.807, 2.05) is 0 Å². The highest BCUT2D eigenvalue weighted by molar-refractivity contribution is 5.76. The van der Waals surface area contributed by atoms with Crippen LogP contribution >= 0.6 is 0 Å². The molecule has 1 saturated heterocycles. The van der Waals surface area contributed by atoms with Gasteiger partial charge < -0.3 is 30.7 Å². The van der Waals surface area contributed by atoms with Gasteiger partial charge in [-0.3, -0.25) is 4.79 Å². The van der Waals surface area contributed by atoms with Crippen LogP contribution in [0.1, 0.15) is 24.0 Å².